The predicted octanol–water partition coefficient (Wildman–Crippen LogP) is 4.44. The Morgan fingerprint density at radius 1 is 1.12 bits per heavy atom. The molecule has 2 bridgehead atoms. The van der Waals surface area contributed by atoms with E-state index in [4.69, 9.17) is 0 Å². The molecule has 6 rings (SSSR count). The van der Waals surface area contributed by atoms with E-state index in [1.54, 1.807) is 28.6 Å². The number of halogens is 3. The van der Waals surface area contributed by atoms with Gasteiger partial charge in [0.2, 0.25) is 0 Å². The summed E-state index contributed by atoms with van der Waals surface area (Å²) >= 11 is 0. The molecule has 1 amide bonds. The molecule has 0 N–H and O–H groups in total. The number of rotatable bonds is 2. The molecule has 1 saturated heterocycles. The molecule has 5 heterocycles. The average Bonchev–Trinajstić information content (AvgIpc) is 3.37. The van der Waals surface area contributed by atoms with Crippen LogP contribution in [0, 0.1) is 17.5 Å². The number of amides is 1. The van der Waals surface area contributed by atoms with E-state index in [2.05, 4.69) is 10.2 Å². The van der Waals surface area contributed by atoms with Gasteiger partial charge in [-0.15, -0.1) is 0 Å². The quantitative estimate of drug-likeness (QED) is 0.424. The number of aromatic nitrogens is 4. The van der Waals surface area contributed by atoms with Gasteiger partial charge in [0.05, 0.1) is 34.7 Å². The van der Waals surface area contributed by atoms with Gasteiger partial charge in [0.15, 0.2) is 17.5 Å². The number of hydrogen-bond acceptors (Lipinski definition) is 3. The van der Waals surface area contributed by atoms with Crippen LogP contribution < -0.4 is 0 Å². The van der Waals surface area contributed by atoms with Crippen LogP contribution in [0.3, 0.4) is 0 Å². The minimum atomic E-state index is -1.49. The lowest BCUT2D eigenvalue weighted by Gasteiger charge is -2.45. The van der Waals surface area contributed by atoms with Crippen molar-refractivity contribution in [3.63, 3.8) is 0 Å². The molecule has 2 aliphatic heterocycles. The number of aryl methyl sites for hydroxylation is 1. The molecule has 1 aromatic carbocycles. The SMILES string of the molecule is Cn1nc2c(c1-c1cc(F)c(F)c(F)c1)C[C@H]1CCC[C@@H]2N1C(=O)c1cnn2ccccc12. The maximum Gasteiger partial charge on any atom is 0.258 e. The van der Waals surface area contributed by atoms with Gasteiger partial charge in [0, 0.05) is 30.4 Å². The molecule has 2 atom stereocenters. The number of carbonyl (C=O) groups is 1. The molecular weight excluding hydrogens is 431 g/mol. The van der Waals surface area contributed by atoms with Crippen LogP contribution in [0.1, 0.15) is 46.9 Å². The number of hydrogen-bond donors (Lipinski definition) is 0. The lowest BCUT2D eigenvalue weighted by atomic mass is 9.81. The number of piperidine rings is 1. The molecule has 33 heavy (non-hydrogen) atoms. The van der Waals surface area contributed by atoms with Gasteiger partial charge in [-0.2, -0.15) is 10.2 Å². The minimum Gasteiger partial charge on any atom is -0.327 e. The van der Waals surface area contributed by atoms with Crippen molar-refractivity contribution in [3.05, 3.63) is 77.0 Å². The first-order chi connectivity index (χ1) is 15.9. The summed E-state index contributed by atoms with van der Waals surface area (Å²) in [5.41, 5.74) is 3.67. The molecular formula is C24H20F3N5O. The molecule has 0 unspecified atom stereocenters. The fourth-order valence-corrected chi connectivity index (χ4v) is 5.44. The third-order valence-corrected chi connectivity index (χ3v) is 6.82. The average molecular weight is 451 g/mol. The number of nitrogens with zero attached hydrogens (tertiary/aromatic N) is 5. The first kappa shape index (κ1) is 20.0. The maximum absolute atomic E-state index is 14.0. The van der Waals surface area contributed by atoms with Crippen molar-refractivity contribution < 1.29 is 18.0 Å². The van der Waals surface area contributed by atoms with E-state index < -0.39 is 17.5 Å². The molecule has 4 aromatic rings. The highest BCUT2D eigenvalue weighted by molar-refractivity contribution is 6.01. The monoisotopic (exact) mass is 451 g/mol. The Morgan fingerprint density at radius 3 is 2.70 bits per heavy atom. The Morgan fingerprint density at radius 2 is 1.91 bits per heavy atom. The summed E-state index contributed by atoms with van der Waals surface area (Å²) in [5, 5.41) is 8.97. The van der Waals surface area contributed by atoms with Gasteiger partial charge in [0.1, 0.15) is 0 Å². The van der Waals surface area contributed by atoms with Crippen molar-refractivity contribution in [1.29, 1.82) is 0 Å². The molecule has 0 spiro atoms. The number of benzene rings is 1. The largest absolute Gasteiger partial charge is 0.327 e. The summed E-state index contributed by atoms with van der Waals surface area (Å²) in [5.74, 6) is -4.05. The van der Waals surface area contributed by atoms with Gasteiger partial charge in [-0.1, -0.05) is 6.07 Å². The summed E-state index contributed by atoms with van der Waals surface area (Å²) in [6.07, 6.45) is 6.43. The maximum atomic E-state index is 14.0. The van der Waals surface area contributed by atoms with Crippen LogP contribution in [0.5, 0.6) is 0 Å². The van der Waals surface area contributed by atoms with E-state index in [1.807, 2.05) is 23.1 Å². The first-order valence-electron chi connectivity index (χ1n) is 10.9. The summed E-state index contributed by atoms with van der Waals surface area (Å²) in [7, 11) is 1.70. The van der Waals surface area contributed by atoms with Crippen LogP contribution in [-0.4, -0.2) is 36.2 Å². The highest BCUT2D eigenvalue weighted by atomic mass is 19.2. The Hall–Kier alpha value is -3.62. The topological polar surface area (TPSA) is 55.4 Å². The molecule has 0 aliphatic carbocycles. The van der Waals surface area contributed by atoms with Crippen molar-refractivity contribution in [1.82, 2.24) is 24.3 Å². The molecule has 0 radical (unpaired) electrons. The van der Waals surface area contributed by atoms with E-state index in [-0.39, 0.29) is 23.6 Å². The fourth-order valence-electron chi connectivity index (χ4n) is 5.44. The van der Waals surface area contributed by atoms with Crippen LogP contribution >= 0.6 is 0 Å². The molecule has 168 valence electrons. The number of fused-ring (bicyclic) bond motifs is 5. The molecule has 2 aliphatic rings. The zero-order valence-electron chi connectivity index (χ0n) is 17.8. The van der Waals surface area contributed by atoms with Crippen molar-refractivity contribution in [3.8, 4) is 11.3 Å². The van der Waals surface area contributed by atoms with E-state index in [1.165, 1.54) is 0 Å². The highest BCUT2D eigenvalue weighted by Crippen LogP contribution is 2.45. The van der Waals surface area contributed by atoms with Gasteiger partial charge < -0.3 is 4.90 Å². The van der Waals surface area contributed by atoms with Crippen LogP contribution in [0.25, 0.3) is 16.8 Å². The summed E-state index contributed by atoms with van der Waals surface area (Å²) in [4.78, 5) is 15.6. The Labute approximate surface area is 187 Å². The minimum absolute atomic E-state index is 0.0690. The Balaban J connectivity index is 1.45. The van der Waals surface area contributed by atoms with Crippen molar-refractivity contribution in [2.75, 3.05) is 0 Å². The van der Waals surface area contributed by atoms with Gasteiger partial charge in [0.25, 0.3) is 5.91 Å². The van der Waals surface area contributed by atoms with Gasteiger partial charge in [-0.25, -0.2) is 17.7 Å². The standard InChI is InChI=1S/C24H20F3N5O/c1-30-23(13-9-17(25)21(27)18(26)10-13)15-11-14-5-4-7-20(22(15)29-30)32(14)24(33)16-12-28-31-8-3-2-6-19(16)31/h2-3,6,8-10,12,14,20H,4-5,7,11H2,1H3/t14-,20+/m1/s1. The second-order valence-corrected chi connectivity index (χ2v) is 8.70. The van der Waals surface area contributed by atoms with E-state index in [0.717, 1.165) is 48.2 Å². The molecule has 1 fully saturated rings. The predicted molar refractivity (Wildman–Crippen MR) is 114 cm³/mol. The van der Waals surface area contributed by atoms with Crippen LogP contribution in [0.15, 0.2) is 42.7 Å². The van der Waals surface area contributed by atoms with E-state index in [0.29, 0.717) is 17.7 Å². The smallest absolute Gasteiger partial charge is 0.258 e. The van der Waals surface area contributed by atoms with Crippen molar-refractivity contribution in [2.45, 2.75) is 37.8 Å². The van der Waals surface area contributed by atoms with Crippen molar-refractivity contribution in [2.24, 2.45) is 7.05 Å². The second kappa shape index (κ2) is 7.19. The van der Waals surface area contributed by atoms with Gasteiger partial charge in [-0.3, -0.25) is 9.48 Å². The zero-order chi connectivity index (χ0) is 22.9. The molecule has 9 heteroatoms. The highest BCUT2D eigenvalue weighted by Gasteiger charge is 2.44. The lowest BCUT2D eigenvalue weighted by molar-refractivity contribution is 0.0394. The van der Waals surface area contributed by atoms with E-state index in [9.17, 15) is 18.0 Å². The van der Waals surface area contributed by atoms with Gasteiger partial charge in [-0.05, 0) is 49.9 Å². The zero-order valence-corrected chi connectivity index (χ0v) is 17.8. The van der Waals surface area contributed by atoms with E-state index >= 15 is 0 Å². The summed E-state index contributed by atoms with van der Waals surface area (Å²) in [6.45, 7) is 0. The normalized spacial score (nSPS) is 19.7. The van der Waals surface area contributed by atoms with Crippen LogP contribution in [0.4, 0.5) is 13.2 Å². The van der Waals surface area contributed by atoms with Crippen LogP contribution in [0.2, 0.25) is 0 Å². The molecule has 3 aromatic heterocycles. The second-order valence-electron chi connectivity index (χ2n) is 8.70. The summed E-state index contributed by atoms with van der Waals surface area (Å²) in [6, 6.07) is 7.28. The number of carbonyl (C=O) groups excluding carboxylic acids is 1. The third-order valence-electron chi connectivity index (χ3n) is 6.82. The first-order valence-corrected chi connectivity index (χ1v) is 10.9. The number of pyridine rings is 1. The fraction of sp³-hybridized carbons (Fsp3) is 0.292. The van der Waals surface area contributed by atoms with Crippen LogP contribution in [-0.2, 0) is 13.5 Å². The molecule has 6 nitrogen and oxygen atoms in total. The third kappa shape index (κ3) is 2.91. The van der Waals surface area contributed by atoms with Gasteiger partial charge >= 0.3 is 0 Å². The summed E-state index contributed by atoms with van der Waals surface area (Å²) < 4.78 is 44.7. The van der Waals surface area contributed by atoms with Crippen molar-refractivity contribution >= 4 is 11.4 Å². The molecule has 0 saturated carbocycles. The Kier molecular flexibility index (Phi) is 4.36. The lowest BCUT2D eigenvalue weighted by Crippen LogP contribution is -2.49. The Bertz CT molecular complexity index is 1400.